The molecule has 1 aliphatic heterocycles. The molecule has 21 rings (SSSR count). The van der Waals surface area contributed by atoms with E-state index in [9.17, 15) is 14.4 Å². The number of carbonyl (C=O) groups is 3. The minimum absolute atomic E-state index is 0.0631. The van der Waals surface area contributed by atoms with Crippen molar-refractivity contribution in [2.24, 2.45) is 75.4 Å². The Morgan fingerprint density at radius 1 is 0.381 bits per heavy atom. The van der Waals surface area contributed by atoms with Gasteiger partial charge in [0.05, 0.1) is 30.1 Å². The first-order chi connectivity index (χ1) is 66.8. The first kappa shape index (κ1) is 110. The van der Waals surface area contributed by atoms with Crippen molar-refractivity contribution in [3.05, 3.63) is 239 Å². The minimum atomic E-state index is -0.278. The lowest BCUT2D eigenvalue weighted by Gasteiger charge is -2.57. The number of fused-ring (bicyclic) bond motifs is 1. The predicted octanol–water partition coefficient (Wildman–Crippen LogP) is 29.8. The third-order valence-electron chi connectivity index (χ3n) is 30.4. The van der Waals surface area contributed by atoms with Crippen LogP contribution in [0.25, 0.3) is 0 Å². The highest BCUT2D eigenvalue weighted by atomic mass is 16.7. The van der Waals surface area contributed by atoms with Crippen LogP contribution in [-0.2, 0) is 89.4 Å². The molecule has 0 spiro atoms. The number of benzene rings is 8. The van der Waals surface area contributed by atoms with Crippen molar-refractivity contribution in [2.75, 3.05) is 0 Å². The van der Waals surface area contributed by atoms with Crippen LogP contribution in [0.1, 0.15) is 329 Å². The van der Waals surface area contributed by atoms with E-state index in [0.717, 1.165) is 136 Å². The molecular weight excluding hydrogens is 1730 g/mol. The summed E-state index contributed by atoms with van der Waals surface area (Å²) in [6.45, 7) is 33.0. The Labute approximate surface area is 835 Å². The smallest absolute Gasteiger partial charge is 0.309 e. The van der Waals surface area contributed by atoms with Crippen molar-refractivity contribution in [1.82, 2.24) is 0 Å². The molecule has 8 unspecified atom stereocenters. The maximum atomic E-state index is 11.6. The fraction of sp³-hybridized carbons (Fsp3) is 0.585. The van der Waals surface area contributed by atoms with Crippen LogP contribution in [0.3, 0.4) is 0 Å². The van der Waals surface area contributed by atoms with E-state index >= 15 is 0 Å². The van der Waals surface area contributed by atoms with Gasteiger partial charge in [0.25, 0.3) is 0 Å². The average molecular weight is 1910 g/mol. The van der Waals surface area contributed by atoms with E-state index in [-0.39, 0.29) is 72.3 Å². The molecule has 16 nitrogen and oxygen atoms in total. The van der Waals surface area contributed by atoms with Crippen molar-refractivity contribution in [3.63, 3.8) is 0 Å². The van der Waals surface area contributed by atoms with Gasteiger partial charge in [0.2, 0.25) is 18.9 Å². The molecule has 10 bridgehead atoms. The van der Waals surface area contributed by atoms with Crippen molar-refractivity contribution >= 4 is 17.9 Å². The number of rotatable bonds is 28. The van der Waals surface area contributed by atoms with E-state index in [0.29, 0.717) is 63.6 Å². The normalized spacial score (nSPS) is 24.6. The summed E-state index contributed by atoms with van der Waals surface area (Å²) in [5.74, 6) is 10.8. The van der Waals surface area contributed by atoms with Gasteiger partial charge in [0, 0.05) is 38.0 Å². The van der Waals surface area contributed by atoms with Crippen LogP contribution >= 0.6 is 0 Å². The Bertz CT molecular complexity index is 4600. The maximum absolute atomic E-state index is 11.6. The van der Waals surface area contributed by atoms with Crippen LogP contribution in [-0.4, -0.2) is 87.7 Å². The molecule has 13 fully saturated rings. The fourth-order valence-corrected chi connectivity index (χ4v) is 23.9. The molecule has 0 radical (unpaired) electrons. The van der Waals surface area contributed by atoms with Gasteiger partial charge < -0.3 is 63.1 Å². The lowest BCUT2D eigenvalue weighted by Crippen LogP contribution is -2.48. The van der Waals surface area contributed by atoms with Gasteiger partial charge in [-0.3, -0.25) is 14.4 Å². The second kappa shape index (κ2) is 54.8. The number of carbonyl (C=O) groups excluding carboxylic acids is 3. The van der Waals surface area contributed by atoms with Crippen LogP contribution in [0, 0.1) is 75.4 Å². The van der Waals surface area contributed by atoms with Crippen LogP contribution in [0.4, 0.5) is 0 Å². The van der Waals surface area contributed by atoms with Crippen molar-refractivity contribution in [1.29, 1.82) is 0 Å². The predicted molar refractivity (Wildman–Crippen MR) is 559 cm³/mol. The Morgan fingerprint density at radius 3 is 0.964 bits per heavy atom. The molecule has 13 aliphatic rings. The molecule has 8 aromatic rings. The number of phenols is 4. The zero-order valence-corrected chi connectivity index (χ0v) is 87.3. The summed E-state index contributed by atoms with van der Waals surface area (Å²) >= 11 is 0. The molecule has 760 valence electrons. The highest BCUT2D eigenvalue weighted by molar-refractivity contribution is 5.77. The molecule has 139 heavy (non-hydrogen) atoms. The number of phenolic OH excluding ortho intramolecular Hbond substituents is 4. The van der Waals surface area contributed by atoms with Crippen LogP contribution < -0.4 is 18.9 Å². The molecule has 0 aromatic heterocycles. The largest absolute Gasteiger partial charge is 0.508 e. The highest BCUT2D eigenvalue weighted by Crippen LogP contribution is 2.64. The monoisotopic (exact) mass is 1910 g/mol. The number of hydrogen-bond acceptors (Lipinski definition) is 16. The SMILES string of the molecule is CC(C)C(=O)OC1C2CC3C(=O)OC1C3C2.CCc1ccc(O)cc1.CCc1ccc(O)cc1.CCc1ccc(O)cc1.CCc1ccc(O)cc1.CCc1ccc(OC(C)=O)cc1.CCc1ccc(OC(CC(C)(C)C)OC2CCCCC2)cc1.CCc1ccc(OC(CC23CC4CC(CC(C4)C2)C3)OC(C)C)cc1.CCc1ccc(OC(CC23CC4CC(CC(C4)C2)C3)OC2CCCCC2)cc1. The fourth-order valence-electron chi connectivity index (χ4n) is 23.9. The lowest BCUT2D eigenvalue weighted by atomic mass is 9.49. The summed E-state index contributed by atoms with van der Waals surface area (Å²) in [7, 11) is 0. The van der Waals surface area contributed by atoms with E-state index in [4.69, 9.17) is 63.1 Å². The standard InChI is InChI=1S/C26H38O2.C23H34O2.C20H32O2.C12H16O4.C10H12O2.4C8H10O/c1-2-19-8-10-24(11-9-19)28-25(27-23-6-4-3-5-7-23)18-26-15-20-12-21(16-26)14-22(13-20)17-26;1-4-17-5-7-21(8-6-17)25-22(24-16(2)3)15-23-12-18-9-19(13-23)11-20(10-18)14-23;1-5-16-11-13-18(14-12-16)22-19(15-20(2,3)4)21-17-9-7-6-8-10-17;1-5(2)11(13)15-9-6-3-7-8(4-6)12(14)16-10(7)9;1-3-9-4-6-10(7-5-9)12-8(2)11;4*1-2-7-3-5-8(9)6-4-7/h8-11,20-23,25H,2-7,12-18H2,1H3;5-8,16,18-20,22H,4,9-15H2,1-3H3;11-14,17,19H,5-10,15H2,1-4H3;5-10H,3-4H2,1-2H3;4-7H,3H2,1-2H3;4*3-6,9H,2H2,1H3. The Morgan fingerprint density at radius 2 is 0.669 bits per heavy atom. The Hall–Kier alpha value is -9.35. The van der Waals surface area contributed by atoms with Gasteiger partial charge in [0.1, 0.15) is 58.2 Å². The van der Waals surface area contributed by atoms with E-state index in [1.54, 1.807) is 60.7 Å². The maximum Gasteiger partial charge on any atom is 0.309 e. The molecule has 12 saturated carbocycles. The van der Waals surface area contributed by atoms with E-state index < -0.39 is 0 Å². The van der Waals surface area contributed by atoms with Gasteiger partial charge in [-0.05, 0) is 374 Å². The second-order valence-corrected chi connectivity index (χ2v) is 43.8. The number of aromatic hydroxyl groups is 4. The van der Waals surface area contributed by atoms with Crippen LogP contribution in [0.2, 0.25) is 0 Å². The quantitative estimate of drug-likeness (QED) is 0.0204. The average Bonchev–Trinajstić information content (AvgIpc) is 1.62. The molecule has 8 atom stereocenters. The number of hydrogen-bond donors (Lipinski definition) is 4. The van der Waals surface area contributed by atoms with Gasteiger partial charge in [0.15, 0.2) is 0 Å². The summed E-state index contributed by atoms with van der Waals surface area (Å²) in [5, 5.41) is 35.4. The van der Waals surface area contributed by atoms with Gasteiger partial charge in [-0.25, -0.2) is 0 Å². The molecule has 0 amide bonds. The van der Waals surface area contributed by atoms with Gasteiger partial charge >= 0.3 is 17.9 Å². The van der Waals surface area contributed by atoms with Crippen molar-refractivity contribution in [2.45, 2.75) is 385 Å². The summed E-state index contributed by atoms with van der Waals surface area (Å²) < 4.78 is 53.9. The minimum Gasteiger partial charge on any atom is -0.508 e. The summed E-state index contributed by atoms with van der Waals surface area (Å²) in [5.41, 5.74) is 11.5. The third kappa shape index (κ3) is 35.9. The van der Waals surface area contributed by atoms with Crippen LogP contribution in [0.5, 0.6) is 46.0 Å². The van der Waals surface area contributed by atoms with Gasteiger partial charge in [-0.1, -0.05) is 226 Å². The van der Waals surface area contributed by atoms with Crippen LogP contribution in [0.15, 0.2) is 194 Å². The van der Waals surface area contributed by atoms with Gasteiger partial charge in [-0.15, -0.1) is 0 Å². The number of aryl methyl sites for hydroxylation is 8. The van der Waals surface area contributed by atoms with E-state index in [1.165, 1.54) is 193 Å². The summed E-state index contributed by atoms with van der Waals surface area (Å²) in [6, 6.07) is 62.3. The Kier molecular flexibility index (Phi) is 43.3. The lowest BCUT2D eigenvalue weighted by molar-refractivity contribution is -0.169. The third-order valence-corrected chi connectivity index (χ3v) is 30.4. The molecule has 1 heterocycles. The molecule has 8 aromatic carbocycles. The van der Waals surface area contributed by atoms with Gasteiger partial charge in [-0.2, -0.15) is 0 Å². The number of ether oxygens (including phenoxy) is 9. The zero-order valence-electron chi connectivity index (χ0n) is 87.3. The molecule has 1 saturated heterocycles. The van der Waals surface area contributed by atoms with E-state index in [2.05, 4.69) is 163 Å². The zero-order chi connectivity index (χ0) is 99.6. The second-order valence-electron chi connectivity index (χ2n) is 43.8. The first-order valence-electron chi connectivity index (χ1n) is 53.8. The summed E-state index contributed by atoms with van der Waals surface area (Å²) in [6.07, 6.45) is 43.9. The molecule has 16 heteroatoms. The van der Waals surface area contributed by atoms with E-state index in [1.807, 2.05) is 74.5 Å². The molecule has 12 aliphatic carbocycles. The van der Waals surface area contributed by atoms with Crippen molar-refractivity contribution in [3.8, 4) is 46.0 Å². The summed E-state index contributed by atoms with van der Waals surface area (Å²) in [4.78, 5) is 33.6. The first-order valence-corrected chi connectivity index (χ1v) is 53.8. The molecular formula is C123H172O16. The number of esters is 3. The molecule has 4 N–H and O–H groups in total. The Balaban J connectivity index is 0.000000155. The van der Waals surface area contributed by atoms with Crippen molar-refractivity contribution < 1.29 is 77.4 Å². The topological polar surface area (TPSA) is 215 Å². The highest BCUT2D eigenvalue weighted by Gasteiger charge is 2.63.